The van der Waals surface area contributed by atoms with Gasteiger partial charge in [-0.3, -0.25) is 9.79 Å². The van der Waals surface area contributed by atoms with Crippen LogP contribution in [0.2, 0.25) is 5.02 Å². The van der Waals surface area contributed by atoms with Crippen LogP contribution in [0, 0.1) is 0 Å². The number of benzodiazepines with no additional fused rings is 1. The number of hydrogen-bond acceptors (Lipinski definition) is 4. The van der Waals surface area contributed by atoms with Crippen molar-refractivity contribution in [3.8, 4) is 0 Å². The van der Waals surface area contributed by atoms with Crippen LogP contribution in [0.5, 0.6) is 0 Å². The summed E-state index contributed by atoms with van der Waals surface area (Å²) in [5.41, 5.74) is 2.91. The molecule has 1 aliphatic heterocycles. The number of carbonyl (C=O) groups excluding carboxylic acids is 1. The number of fused-ring (bicyclic) bond motifs is 1. The molecule has 0 fully saturated rings. The van der Waals surface area contributed by atoms with Crippen molar-refractivity contribution >= 4 is 44.8 Å². The highest BCUT2D eigenvalue weighted by Crippen LogP contribution is 2.33. The van der Waals surface area contributed by atoms with Crippen molar-refractivity contribution < 1.29 is 14.3 Å². The van der Waals surface area contributed by atoms with Crippen LogP contribution in [0.1, 0.15) is 11.1 Å². The molecule has 0 aromatic heterocycles. The van der Waals surface area contributed by atoms with Gasteiger partial charge in [0.05, 0.1) is 11.4 Å². The van der Waals surface area contributed by atoms with Crippen LogP contribution in [-0.2, 0) is 14.3 Å². The summed E-state index contributed by atoms with van der Waals surface area (Å²) in [6, 6.07) is 12.3. The fourth-order valence-corrected chi connectivity index (χ4v) is 3.56. The molecule has 1 unspecified atom stereocenters. The molecule has 1 amide bonds. The highest BCUT2D eigenvalue weighted by atomic mass is 79.9. The monoisotopic (exact) mass is 436 g/mol. The second kappa shape index (κ2) is 7.88. The fourth-order valence-electron chi connectivity index (χ4n) is 2.97. The SMILES string of the molecule is COC(OC)C1N=C(c2ccccc2Cl)c2cc(Br)ccc2N(C)C1=O. The zero-order chi connectivity index (χ0) is 18.8. The first kappa shape index (κ1) is 19.0. The topological polar surface area (TPSA) is 51.1 Å². The molecule has 2 aromatic rings. The number of carbonyl (C=O) groups is 1. The minimum Gasteiger partial charge on any atom is -0.353 e. The predicted molar refractivity (Wildman–Crippen MR) is 106 cm³/mol. The molecule has 0 spiro atoms. The molecule has 0 aliphatic carbocycles. The first-order valence-electron chi connectivity index (χ1n) is 7.93. The first-order valence-corrected chi connectivity index (χ1v) is 9.10. The largest absolute Gasteiger partial charge is 0.353 e. The molecule has 1 aliphatic rings. The summed E-state index contributed by atoms with van der Waals surface area (Å²) < 4.78 is 11.5. The summed E-state index contributed by atoms with van der Waals surface area (Å²) >= 11 is 9.93. The summed E-state index contributed by atoms with van der Waals surface area (Å²) in [5.74, 6) is -0.218. The number of likely N-dealkylation sites (N-methyl/N-ethyl adjacent to an activating group) is 1. The van der Waals surface area contributed by atoms with Gasteiger partial charge in [0, 0.05) is 41.9 Å². The van der Waals surface area contributed by atoms with Crippen molar-refractivity contribution in [2.75, 3.05) is 26.2 Å². The highest BCUT2D eigenvalue weighted by molar-refractivity contribution is 9.10. The summed E-state index contributed by atoms with van der Waals surface area (Å²) in [4.78, 5) is 19.3. The molecular formula is C19H18BrClN2O3. The smallest absolute Gasteiger partial charge is 0.256 e. The number of amides is 1. The number of ether oxygens (including phenoxy) is 2. The number of benzene rings is 2. The molecule has 5 nitrogen and oxygen atoms in total. The molecule has 3 rings (SSSR count). The zero-order valence-electron chi connectivity index (χ0n) is 14.6. The van der Waals surface area contributed by atoms with Gasteiger partial charge in [0.2, 0.25) is 0 Å². The lowest BCUT2D eigenvalue weighted by Gasteiger charge is -2.24. The third-order valence-corrected chi connectivity index (χ3v) is 5.10. The quantitative estimate of drug-likeness (QED) is 0.682. The number of anilines is 1. The molecule has 26 heavy (non-hydrogen) atoms. The second-order valence-corrected chi connectivity index (χ2v) is 7.12. The maximum absolute atomic E-state index is 13.0. The molecule has 0 bridgehead atoms. The van der Waals surface area contributed by atoms with E-state index in [0.717, 1.165) is 21.3 Å². The molecule has 0 saturated carbocycles. The maximum Gasteiger partial charge on any atom is 0.256 e. The van der Waals surface area contributed by atoms with Crippen LogP contribution in [0.15, 0.2) is 51.9 Å². The summed E-state index contributed by atoms with van der Waals surface area (Å²) in [6.45, 7) is 0. The van der Waals surface area contributed by atoms with Gasteiger partial charge >= 0.3 is 0 Å². The third kappa shape index (κ3) is 3.42. The van der Waals surface area contributed by atoms with E-state index in [4.69, 9.17) is 26.1 Å². The van der Waals surface area contributed by atoms with Crippen molar-refractivity contribution in [1.82, 2.24) is 0 Å². The second-order valence-electron chi connectivity index (χ2n) is 5.80. The third-order valence-electron chi connectivity index (χ3n) is 4.28. The Morgan fingerprint density at radius 2 is 1.85 bits per heavy atom. The lowest BCUT2D eigenvalue weighted by atomic mass is 10.0. The average molecular weight is 438 g/mol. The van der Waals surface area contributed by atoms with E-state index in [1.165, 1.54) is 14.2 Å². The van der Waals surface area contributed by atoms with Gasteiger partial charge in [0.1, 0.15) is 0 Å². The number of nitrogens with zero attached hydrogens (tertiary/aromatic N) is 2. The predicted octanol–water partition coefficient (Wildman–Crippen LogP) is 3.90. The molecule has 1 heterocycles. The Kier molecular flexibility index (Phi) is 5.77. The minimum atomic E-state index is -0.854. The zero-order valence-corrected chi connectivity index (χ0v) is 16.9. The minimum absolute atomic E-state index is 0.218. The summed E-state index contributed by atoms with van der Waals surface area (Å²) in [6.07, 6.45) is -0.805. The van der Waals surface area contributed by atoms with Crippen LogP contribution in [0.3, 0.4) is 0 Å². The Morgan fingerprint density at radius 3 is 2.50 bits per heavy atom. The standard InChI is InChI=1S/C19H18BrClN2O3/c1-23-15-9-8-11(20)10-13(15)16(12-6-4-5-7-14(12)21)22-17(18(23)24)19(25-2)26-3/h4-10,17,19H,1-3H3. The Labute approximate surface area is 165 Å². The summed E-state index contributed by atoms with van der Waals surface area (Å²) in [7, 11) is 4.69. The van der Waals surface area contributed by atoms with E-state index >= 15 is 0 Å². The van der Waals surface area contributed by atoms with Gasteiger partial charge in [0.25, 0.3) is 5.91 Å². The van der Waals surface area contributed by atoms with Gasteiger partial charge < -0.3 is 14.4 Å². The van der Waals surface area contributed by atoms with E-state index in [-0.39, 0.29) is 5.91 Å². The fraction of sp³-hybridized carbons (Fsp3) is 0.263. The summed E-state index contributed by atoms with van der Waals surface area (Å²) in [5, 5.41) is 0.555. The number of rotatable bonds is 4. The van der Waals surface area contributed by atoms with Crippen LogP contribution in [0.4, 0.5) is 5.69 Å². The molecular weight excluding hydrogens is 420 g/mol. The van der Waals surface area contributed by atoms with Gasteiger partial charge in [0.15, 0.2) is 12.3 Å². The van der Waals surface area contributed by atoms with E-state index < -0.39 is 12.3 Å². The van der Waals surface area contributed by atoms with Crippen LogP contribution < -0.4 is 4.90 Å². The lowest BCUT2D eigenvalue weighted by molar-refractivity contribution is -0.142. The molecule has 0 N–H and O–H groups in total. The number of aliphatic imine (C=N–C) groups is 1. The van der Waals surface area contributed by atoms with E-state index in [1.807, 2.05) is 36.4 Å². The van der Waals surface area contributed by atoms with Crippen LogP contribution >= 0.6 is 27.5 Å². The first-order chi connectivity index (χ1) is 12.5. The van der Waals surface area contributed by atoms with Gasteiger partial charge in [-0.15, -0.1) is 0 Å². The van der Waals surface area contributed by atoms with E-state index in [0.29, 0.717) is 10.7 Å². The Bertz CT molecular complexity index is 868. The van der Waals surface area contributed by atoms with Crippen molar-refractivity contribution in [3.63, 3.8) is 0 Å². The van der Waals surface area contributed by atoms with Gasteiger partial charge in [-0.05, 0) is 24.3 Å². The van der Waals surface area contributed by atoms with Crippen LogP contribution in [0.25, 0.3) is 0 Å². The Balaban J connectivity index is 2.29. The molecule has 7 heteroatoms. The highest BCUT2D eigenvalue weighted by Gasteiger charge is 2.36. The van der Waals surface area contributed by atoms with Crippen molar-refractivity contribution in [2.24, 2.45) is 4.99 Å². The number of hydrogen-bond donors (Lipinski definition) is 0. The molecule has 2 aromatic carbocycles. The van der Waals surface area contributed by atoms with Crippen molar-refractivity contribution in [2.45, 2.75) is 12.3 Å². The van der Waals surface area contributed by atoms with Crippen molar-refractivity contribution in [1.29, 1.82) is 0 Å². The van der Waals surface area contributed by atoms with Crippen LogP contribution in [-0.4, -0.2) is 45.2 Å². The van der Waals surface area contributed by atoms with Crippen molar-refractivity contribution in [3.05, 3.63) is 63.1 Å². The molecule has 0 radical (unpaired) electrons. The molecule has 136 valence electrons. The van der Waals surface area contributed by atoms with E-state index in [9.17, 15) is 4.79 Å². The normalized spacial score (nSPS) is 17.2. The maximum atomic E-state index is 13.0. The number of methoxy groups -OCH3 is 2. The van der Waals surface area contributed by atoms with Gasteiger partial charge in [-0.2, -0.15) is 0 Å². The van der Waals surface area contributed by atoms with Gasteiger partial charge in [-0.25, -0.2) is 0 Å². The number of halogens is 2. The Hall–Kier alpha value is -1.73. The lowest BCUT2D eigenvalue weighted by Crippen LogP contribution is -2.43. The molecule has 0 saturated heterocycles. The Morgan fingerprint density at radius 1 is 1.15 bits per heavy atom. The molecule has 1 atom stereocenters. The van der Waals surface area contributed by atoms with E-state index in [2.05, 4.69) is 15.9 Å². The van der Waals surface area contributed by atoms with Gasteiger partial charge in [-0.1, -0.05) is 45.7 Å². The van der Waals surface area contributed by atoms with E-state index in [1.54, 1.807) is 18.0 Å². The average Bonchev–Trinajstić information content (AvgIpc) is 2.74.